The Morgan fingerprint density at radius 2 is 1.15 bits per heavy atom. The summed E-state index contributed by atoms with van der Waals surface area (Å²) in [4.78, 5) is 49.8. The number of unbranched alkanes of at least 4 members (excludes halogenated alkanes) is 1. The molecule has 0 unspecified atom stereocenters. The summed E-state index contributed by atoms with van der Waals surface area (Å²) in [6.45, 7) is 22.9. The van der Waals surface area contributed by atoms with Gasteiger partial charge in [0.25, 0.3) is 0 Å². The van der Waals surface area contributed by atoms with Gasteiger partial charge in [0.05, 0.1) is 6.54 Å². The van der Waals surface area contributed by atoms with Crippen molar-refractivity contribution in [3.05, 3.63) is 0 Å². The molecular weight excluding hydrogens is 502 g/mol. The normalized spacial score (nSPS) is 14.2. The van der Waals surface area contributed by atoms with E-state index >= 15 is 0 Å². The van der Waals surface area contributed by atoms with Crippen LogP contribution in [0.3, 0.4) is 0 Å². The third-order valence-electron chi connectivity index (χ3n) is 5.19. The van der Waals surface area contributed by atoms with Crippen LogP contribution in [0.25, 0.3) is 0 Å². The van der Waals surface area contributed by atoms with Crippen molar-refractivity contribution in [3.63, 3.8) is 0 Å². The Morgan fingerprint density at radius 3 is 1.64 bits per heavy atom. The third-order valence-corrected chi connectivity index (χ3v) is 5.19. The Kier molecular flexibility index (Phi) is 14.5. The SMILES string of the molecule is CC(C)(C)OC(=O)CC[C@H](NC(=O)N[C@@H](CCCCNCC(=O)OC(C)(C)C)C(C)(C)C)C(=O)OC(C)(C)C. The maximum Gasteiger partial charge on any atom is 0.329 e. The Labute approximate surface area is 236 Å². The molecule has 0 aromatic carbocycles. The molecule has 0 bridgehead atoms. The minimum atomic E-state index is -1.01. The average Bonchev–Trinajstić information content (AvgIpc) is 2.67. The van der Waals surface area contributed by atoms with Crippen molar-refractivity contribution in [2.75, 3.05) is 13.1 Å². The van der Waals surface area contributed by atoms with Crippen molar-refractivity contribution in [1.29, 1.82) is 0 Å². The number of esters is 3. The molecule has 0 heterocycles. The van der Waals surface area contributed by atoms with Gasteiger partial charge in [-0.3, -0.25) is 9.59 Å². The second-order valence-corrected chi connectivity index (χ2v) is 14.0. The second kappa shape index (κ2) is 15.4. The molecule has 0 spiro atoms. The molecule has 39 heavy (non-hydrogen) atoms. The van der Waals surface area contributed by atoms with Gasteiger partial charge in [-0.05, 0) is 93.5 Å². The van der Waals surface area contributed by atoms with E-state index in [2.05, 4.69) is 16.0 Å². The fraction of sp³-hybridized carbons (Fsp3) is 0.862. The monoisotopic (exact) mass is 557 g/mol. The van der Waals surface area contributed by atoms with Gasteiger partial charge in [-0.1, -0.05) is 27.2 Å². The minimum Gasteiger partial charge on any atom is -0.460 e. The van der Waals surface area contributed by atoms with E-state index in [9.17, 15) is 19.2 Å². The molecule has 0 aromatic rings. The molecule has 0 fully saturated rings. The van der Waals surface area contributed by atoms with Gasteiger partial charge in [-0.15, -0.1) is 0 Å². The van der Waals surface area contributed by atoms with E-state index in [0.29, 0.717) is 13.0 Å². The van der Waals surface area contributed by atoms with Crippen LogP contribution in [0.1, 0.15) is 115 Å². The lowest BCUT2D eigenvalue weighted by atomic mass is 9.84. The van der Waals surface area contributed by atoms with Gasteiger partial charge in [-0.25, -0.2) is 9.59 Å². The first kappa shape index (κ1) is 36.6. The molecule has 2 amide bonds. The Morgan fingerprint density at radius 1 is 0.641 bits per heavy atom. The number of ether oxygens (including phenoxy) is 3. The summed E-state index contributed by atoms with van der Waals surface area (Å²) in [6, 6.07) is -1.68. The first-order chi connectivity index (χ1) is 17.5. The van der Waals surface area contributed by atoms with E-state index in [1.807, 2.05) is 41.5 Å². The van der Waals surface area contributed by atoms with Crippen molar-refractivity contribution in [3.8, 4) is 0 Å². The Bertz CT molecular complexity index is 800. The van der Waals surface area contributed by atoms with E-state index in [0.717, 1.165) is 12.8 Å². The molecule has 0 saturated carbocycles. The van der Waals surface area contributed by atoms with Crippen molar-refractivity contribution in [2.45, 2.75) is 144 Å². The summed E-state index contributed by atoms with van der Waals surface area (Å²) in [7, 11) is 0. The lowest BCUT2D eigenvalue weighted by Crippen LogP contribution is -2.53. The maximum absolute atomic E-state index is 13.0. The highest BCUT2D eigenvalue weighted by atomic mass is 16.6. The largest absolute Gasteiger partial charge is 0.460 e. The lowest BCUT2D eigenvalue weighted by molar-refractivity contribution is -0.159. The zero-order chi connectivity index (χ0) is 30.7. The van der Waals surface area contributed by atoms with Crippen LogP contribution in [0.15, 0.2) is 0 Å². The average molecular weight is 558 g/mol. The van der Waals surface area contributed by atoms with E-state index in [1.165, 1.54) is 0 Å². The first-order valence-corrected chi connectivity index (χ1v) is 13.9. The van der Waals surface area contributed by atoms with Crippen LogP contribution in [-0.2, 0) is 28.6 Å². The molecule has 228 valence electrons. The van der Waals surface area contributed by atoms with Gasteiger partial charge in [0.15, 0.2) is 0 Å². The van der Waals surface area contributed by atoms with Crippen LogP contribution >= 0.6 is 0 Å². The lowest BCUT2D eigenvalue weighted by Gasteiger charge is -2.32. The van der Waals surface area contributed by atoms with Crippen LogP contribution in [0.5, 0.6) is 0 Å². The summed E-state index contributed by atoms with van der Waals surface area (Å²) in [5, 5.41) is 8.79. The summed E-state index contributed by atoms with van der Waals surface area (Å²) < 4.78 is 16.1. The Hall–Kier alpha value is -2.36. The number of hydrogen-bond donors (Lipinski definition) is 3. The maximum atomic E-state index is 13.0. The van der Waals surface area contributed by atoms with Crippen molar-refractivity contribution in [1.82, 2.24) is 16.0 Å². The molecule has 0 aliphatic rings. The van der Waals surface area contributed by atoms with Crippen LogP contribution in [0, 0.1) is 5.41 Å². The molecule has 0 rings (SSSR count). The number of urea groups is 1. The van der Waals surface area contributed by atoms with E-state index in [-0.39, 0.29) is 36.8 Å². The molecule has 0 aliphatic heterocycles. The minimum absolute atomic E-state index is 0.0412. The van der Waals surface area contributed by atoms with Gasteiger partial charge in [0.1, 0.15) is 22.8 Å². The molecule has 3 N–H and O–H groups in total. The second-order valence-electron chi connectivity index (χ2n) is 14.0. The highest BCUT2D eigenvalue weighted by Gasteiger charge is 2.31. The summed E-state index contributed by atoms with van der Waals surface area (Å²) in [6.07, 6.45) is 2.36. The van der Waals surface area contributed by atoms with Crippen LogP contribution in [-0.4, -0.2) is 65.9 Å². The zero-order valence-electron chi connectivity index (χ0n) is 26.5. The highest BCUT2D eigenvalue weighted by molar-refractivity contribution is 5.84. The predicted molar refractivity (Wildman–Crippen MR) is 152 cm³/mol. The number of carbonyl (C=O) groups excluding carboxylic acids is 4. The number of nitrogens with one attached hydrogen (secondary N) is 3. The van der Waals surface area contributed by atoms with Crippen molar-refractivity contribution in [2.24, 2.45) is 5.41 Å². The number of amides is 2. The topological polar surface area (TPSA) is 132 Å². The molecule has 0 aliphatic carbocycles. The third kappa shape index (κ3) is 20.2. The summed E-state index contributed by atoms with van der Waals surface area (Å²) >= 11 is 0. The van der Waals surface area contributed by atoms with Crippen LogP contribution in [0.4, 0.5) is 4.79 Å². The summed E-state index contributed by atoms with van der Waals surface area (Å²) in [5.74, 6) is -1.35. The van der Waals surface area contributed by atoms with Gasteiger partial charge in [0, 0.05) is 12.5 Å². The highest BCUT2D eigenvalue weighted by Crippen LogP contribution is 2.23. The van der Waals surface area contributed by atoms with Crippen molar-refractivity contribution >= 4 is 23.9 Å². The smallest absolute Gasteiger partial charge is 0.329 e. The molecule has 0 saturated heterocycles. The fourth-order valence-electron chi connectivity index (χ4n) is 3.52. The van der Waals surface area contributed by atoms with E-state index in [4.69, 9.17) is 14.2 Å². The van der Waals surface area contributed by atoms with E-state index < -0.39 is 40.8 Å². The fourth-order valence-corrected chi connectivity index (χ4v) is 3.52. The molecule has 2 atom stereocenters. The van der Waals surface area contributed by atoms with Gasteiger partial charge >= 0.3 is 23.9 Å². The van der Waals surface area contributed by atoms with Gasteiger partial charge in [0.2, 0.25) is 0 Å². The standard InChI is InChI=1S/C29H55N3O7/c1-26(2,3)21(15-13-14-18-30-19-23(34)38-28(7,8)9)32-25(36)31-20(24(35)39-29(10,11)12)16-17-22(33)37-27(4,5)6/h20-21,30H,13-19H2,1-12H3,(H2,31,32,36)/t20-,21-/m0/s1. The van der Waals surface area contributed by atoms with Crippen molar-refractivity contribution < 1.29 is 33.4 Å². The molecule has 10 nitrogen and oxygen atoms in total. The first-order valence-electron chi connectivity index (χ1n) is 13.9. The Balaban J connectivity index is 5.00. The predicted octanol–water partition coefficient (Wildman–Crippen LogP) is 4.63. The van der Waals surface area contributed by atoms with Crippen LogP contribution < -0.4 is 16.0 Å². The number of carbonyl (C=O) groups is 4. The molecule has 10 heteroatoms. The number of rotatable bonds is 13. The zero-order valence-corrected chi connectivity index (χ0v) is 26.5. The quantitative estimate of drug-likeness (QED) is 0.170. The molecule has 0 aromatic heterocycles. The molecular formula is C29H55N3O7. The van der Waals surface area contributed by atoms with Gasteiger partial charge < -0.3 is 30.2 Å². The van der Waals surface area contributed by atoms with E-state index in [1.54, 1.807) is 41.5 Å². The van der Waals surface area contributed by atoms with Crippen LogP contribution in [0.2, 0.25) is 0 Å². The molecule has 0 radical (unpaired) electrons. The number of hydrogen-bond acceptors (Lipinski definition) is 8. The summed E-state index contributed by atoms with van der Waals surface area (Å²) in [5.41, 5.74) is -2.14. The van der Waals surface area contributed by atoms with Gasteiger partial charge in [-0.2, -0.15) is 0 Å².